The molecule has 1 fully saturated rings. The van der Waals surface area contributed by atoms with E-state index in [-0.39, 0.29) is 5.82 Å². The maximum Gasteiger partial charge on any atom is 0.247 e. The summed E-state index contributed by atoms with van der Waals surface area (Å²) >= 11 is 0. The maximum atomic E-state index is 13.6. The highest BCUT2D eigenvalue weighted by molar-refractivity contribution is 5.51. The first-order valence-electron chi connectivity index (χ1n) is 9.36. The highest BCUT2D eigenvalue weighted by Crippen LogP contribution is 2.22. The topological polar surface area (TPSA) is 54.6 Å². The summed E-state index contributed by atoms with van der Waals surface area (Å²) in [4.78, 5) is 4.60. The molecule has 1 aliphatic heterocycles. The van der Waals surface area contributed by atoms with E-state index in [1.54, 1.807) is 19.2 Å². The van der Waals surface area contributed by atoms with Crippen molar-refractivity contribution in [2.45, 2.75) is 13.1 Å². The molecule has 0 spiro atoms. The van der Waals surface area contributed by atoms with Crippen LogP contribution in [0.15, 0.2) is 52.9 Å². The second-order valence-corrected chi connectivity index (χ2v) is 6.88. The second-order valence-electron chi connectivity index (χ2n) is 6.88. The fourth-order valence-electron chi connectivity index (χ4n) is 3.42. The van der Waals surface area contributed by atoms with Gasteiger partial charge in [0.25, 0.3) is 0 Å². The van der Waals surface area contributed by atoms with Gasteiger partial charge in [-0.15, -0.1) is 10.2 Å². The van der Waals surface area contributed by atoms with Gasteiger partial charge in [-0.1, -0.05) is 18.2 Å². The van der Waals surface area contributed by atoms with Crippen LogP contribution in [-0.4, -0.2) is 53.3 Å². The summed E-state index contributed by atoms with van der Waals surface area (Å²) in [6.45, 7) is 4.87. The highest BCUT2D eigenvalue weighted by Gasteiger charge is 2.20. The minimum Gasteiger partial charge on any atom is -0.496 e. The first kappa shape index (κ1) is 18.6. The van der Waals surface area contributed by atoms with Crippen LogP contribution in [0.4, 0.5) is 4.39 Å². The molecule has 0 saturated carbocycles. The van der Waals surface area contributed by atoms with E-state index < -0.39 is 0 Å². The van der Waals surface area contributed by atoms with Gasteiger partial charge in [0, 0.05) is 43.9 Å². The van der Waals surface area contributed by atoms with Crippen LogP contribution in [0.1, 0.15) is 11.5 Å². The van der Waals surface area contributed by atoms with Crippen LogP contribution in [0.3, 0.4) is 0 Å². The Hall–Kier alpha value is -2.77. The lowest BCUT2D eigenvalue weighted by atomic mass is 10.1. The van der Waals surface area contributed by atoms with Gasteiger partial charge >= 0.3 is 0 Å². The zero-order valence-corrected chi connectivity index (χ0v) is 15.8. The van der Waals surface area contributed by atoms with E-state index in [9.17, 15) is 4.39 Å². The van der Waals surface area contributed by atoms with Gasteiger partial charge < -0.3 is 9.15 Å². The van der Waals surface area contributed by atoms with Crippen molar-refractivity contribution in [3.05, 3.63) is 65.8 Å². The Labute approximate surface area is 163 Å². The van der Waals surface area contributed by atoms with Crippen molar-refractivity contribution in [2.24, 2.45) is 0 Å². The quantitative estimate of drug-likeness (QED) is 0.653. The summed E-state index contributed by atoms with van der Waals surface area (Å²) in [5, 5.41) is 8.32. The molecule has 1 aliphatic rings. The van der Waals surface area contributed by atoms with Crippen LogP contribution in [0.2, 0.25) is 0 Å². The van der Waals surface area contributed by atoms with Crippen molar-refractivity contribution < 1.29 is 13.5 Å². The summed E-state index contributed by atoms with van der Waals surface area (Å²) in [6, 6.07) is 14.4. The average molecular weight is 382 g/mol. The number of rotatable bonds is 6. The van der Waals surface area contributed by atoms with Crippen molar-refractivity contribution in [1.82, 2.24) is 20.0 Å². The Bertz CT molecular complexity index is 908. The van der Waals surface area contributed by atoms with Crippen molar-refractivity contribution in [3.63, 3.8) is 0 Å². The molecule has 0 amide bonds. The van der Waals surface area contributed by atoms with Gasteiger partial charge in [0.15, 0.2) is 0 Å². The van der Waals surface area contributed by atoms with E-state index in [0.717, 1.165) is 43.1 Å². The maximum absolute atomic E-state index is 13.6. The van der Waals surface area contributed by atoms with Gasteiger partial charge in [0.2, 0.25) is 11.8 Å². The standard InChI is InChI=1S/C21H23FN4O2/c1-27-19-8-7-18(22)13-17(19)14-25-9-11-26(12-10-25)15-20-23-24-21(28-20)16-5-3-2-4-6-16/h2-8,13H,9-12,14-15H2,1H3. The summed E-state index contributed by atoms with van der Waals surface area (Å²) in [7, 11) is 1.61. The molecule has 7 heteroatoms. The van der Waals surface area contributed by atoms with Gasteiger partial charge in [-0.25, -0.2) is 4.39 Å². The molecule has 2 aromatic carbocycles. The van der Waals surface area contributed by atoms with Gasteiger partial charge in [0.1, 0.15) is 11.6 Å². The molecule has 0 radical (unpaired) electrons. The third-order valence-corrected chi connectivity index (χ3v) is 4.95. The van der Waals surface area contributed by atoms with Crippen LogP contribution >= 0.6 is 0 Å². The third-order valence-electron chi connectivity index (χ3n) is 4.95. The number of hydrogen-bond donors (Lipinski definition) is 0. The normalized spacial score (nSPS) is 15.6. The third kappa shape index (κ3) is 4.37. The van der Waals surface area contributed by atoms with Crippen LogP contribution in [-0.2, 0) is 13.1 Å². The molecule has 0 bridgehead atoms. The van der Waals surface area contributed by atoms with E-state index >= 15 is 0 Å². The minimum absolute atomic E-state index is 0.236. The molecule has 1 aromatic heterocycles. The number of benzene rings is 2. The van der Waals surface area contributed by atoms with Crippen molar-refractivity contribution in [1.29, 1.82) is 0 Å². The molecular weight excluding hydrogens is 359 g/mol. The number of methoxy groups -OCH3 is 1. The van der Waals surface area contributed by atoms with Crippen molar-refractivity contribution in [3.8, 4) is 17.2 Å². The summed E-state index contributed by atoms with van der Waals surface area (Å²) in [5.74, 6) is 1.66. The number of hydrogen-bond acceptors (Lipinski definition) is 6. The van der Waals surface area contributed by atoms with Crippen LogP contribution in [0.5, 0.6) is 5.75 Å². The molecule has 3 aromatic rings. The lowest BCUT2D eigenvalue weighted by Gasteiger charge is -2.34. The SMILES string of the molecule is COc1ccc(F)cc1CN1CCN(Cc2nnc(-c3ccccc3)o2)CC1. The van der Waals surface area contributed by atoms with Crippen LogP contribution < -0.4 is 4.74 Å². The van der Waals surface area contributed by atoms with Crippen molar-refractivity contribution in [2.75, 3.05) is 33.3 Å². The fraction of sp³-hybridized carbons (Fsp3) is 0.333. The van der Waals surface area contributed by atoms with Crippen LogP contribution in [0, 0.1) is 5.82 Å². The second kappa shape index (κ2) is 8.50. The predicted octanol–water partition coefficient (Wildman–Crippen LogP) is 3.20. The molecule has 6 nitrogen and oxygen atoms in total. The van der Waals surface area contributed by atoms with Crippen molar-refractivity contribution >= 4 is 0 Å². The molecule has 4 rings (SSSR count). The Balaban J connectivity index is 1.31. The lowest BCUT2D eigenvalue weighted by molar-refractivity contribution is 0.114. The highest BCUT2D eigenvalue weighted by atomic mass is 19.1. The molecule has 28 heavy (non-hydrogen) atoms. The molecule has 1 saturated heterocycles. The Morgan fingerprint density at radius 2 is 1.68 bits per heavy atom. The number of halogens is 1. The first-order chi connectivity index (χ1) is 13.7. The van der Waals surface area contributed by atoms with Gasteiger partial charge in [0.05, 0.1) is 13.7 Å². The molecule has 2 heterocycles. The Kier molecular flexibility index (Phi) is 5.64. The van der Waals surface area contributed by atoms with E-state index in [2.05, 4.69) is 20.0 Å². The monoisotopic (exact) mass is 382 g/mol. The van der Waals surface area contributed by atoms with Crippen LogP contribution in [0.25, 0.3) is 11.5 Å². The summed E-state index contributed by atoms with van der Waals surface area (Å²) < 4.78 is 24.7. The molecule has 0 aliphatic carbocycles. The number of piperazine rings is 1. The van der Waals surface area contributed by atoms with Gasteiger partial charge in [-0.05, 0) is 30.3 Å². The largest absolute Gasteiger partial charge is 0.496 e. The summed E-state index contributed by atoms with van der Waals surface area (Å²) in [6.07, 6.45) is 0. The zero-order valence-electron chi connectivity index (χ0n) is 15.8. The molecular formula is C21H23FN4O2. The Morgan fingerprint density at radius 1 is 0.964 bits per heavy atom. The van der Waals surface area contributed by atoms with E-state index in [4.69, 9.17) is 9.15 Å². The number of ether oxygens (including phenoxy) is 1. The molecule has 0 unspecified atom stereocenters. The lowest BCUT2D eigenvalue weighted by Crippen LogP contribution is -2.45. The van der Waals surface area contributed by atoms with E-state index in [1.165, 1.54) is 6.07 Å². The number of aromatic nitrogens is 2. The van der Waals surface area contributed by atoms with Gasteiger partial charge in [-0.2, -0.15) is 0 Å². The molecule has 0 N–H and O–H groups in total. The first-order valence-corrected chi connectivity index (χ1v) is 9.36. The average Bonchev–Trinajstić information content (AvgIpc) is 3.19. The van der Waals surface area contributed by atoms with Gasteiger partial charge in [-0.3, -0.25) is 9.80 Å². The van der Waals surface area contributed by atoms with E-state index in [1.807, 2.05) is 30.3 Å². The summed E-state index contributed by atoms with van der Waals surface area (Å²) in [5.41, 5.74) is 1.80. The number of nitrogens with zero attached hydrogens (tertiary/aromatic N) is 4. The molecule has 0 atom stereocenters. The zero-order chi connectivity index (χ0) is 19.3. The van der Waals surface area contributed by atoms with E-state index in [0.29, 0.717) is 24.9 Å². The Morgan fingerprint density at radius 3 is 2.39 bits per heavy atom. The fourth-order valence-corrected chi connectivity index (χ4v) is 3.42. The minimum atomic E-state index is -0.236. The predicted molar refractivity (Wildman–Crippen MR) is 103 cm³/mol. The molecule has 146 valence electrons. The smallest absolute Gasteiger partial charge is 0.247 e.